The number of hydrogen-bond acceptors (Lipinski definition) is 5. The van der Waals surface area contributed by atoms with Gasteiger partial charge in [0.15, 0.2) is 11.5 Å². The first kappa shape index (κ1) is 18.3. The van der Waals surface area contributed by atoms with Crippen molar-refractivity contribution in [1.29, 1.82) is 0 Å². The molecule has 1 aromatic heterocycles. The van der Waals surface area contributed by atoms with Crippen LogP contribution in [0.15, 0.2) is 12.1 Å². The van der Waals surface area contributed by atoms with E-state index in [1.807, 2.05) is 19.2 Å². The van der Waals surface area contributed by atoms with Gasteiger partial charge in [0.1, 0.15) is 13.2 Å². The van der Waals surface area contributed by atoms with Gasteiger partial charge >= 0.3 is 5.97 Å². The third-order valence-corrected chi connectivity index (χ3v) is 6.69. The van der Waals surface area contributed by atoms with Gasteiger partial charge in [0.25, 0.3) is 0 Å². The van der Waals surface area contributed by atoms with Crippen LogP contribution in [0.1, 0.15) is 46.6 Å². The van der Waals surface area contributed by atoms with Crippen LogP contribution in [0, 0.1) is 5.41 Å². The zero-order valence-corrected chi connectivity index (χ0v) is 16.8. The van der Waals surface area contributed by atoms with E-state index in [4.69, 9.17) is 9.47 Å². The minimum Gasteiger partial charge on any atom is -0.486 e. The number of aromatic carboxylic acids is 1. The Balaban J connectivity index is 1.91. The van der Waals surface area contributed by atoms with Crippen LogP contribution >= 0.6 is 11.3 Å². The van der Waals surface area contributed by atoms with Gasteiger partial charge in [-0.1, -0.05) is 13.8 Å². The maximum absolute atomic E-state index is 12.2. The van der Waals surface area contributed by atoms with Crippen LogP contribution < -0.4 is 14.8 Å². The summed E-state index contributed by atoms with van der Waals surface area (Å²) in [5, 5.41) is 13.2. The van der Waals surface area contributed by atoms with Gasteiger partial charge in [-0.05, 0) is 55.0 Å². The van der Waals surface area contributed by atoms with Crippen molar-refractivity contribution in [2.24, 2.45) is 5.41 Å². The highest BCUT2D eigenvalue weighted by atomic mass is 32.1. The molecule has 2 aromatic rings. The van der Waals surface area contributed by atoms with Crippen LogP contribution in [0.5, 0.6) is 11.5 Å². The quantitative estimate of drug-likeness (QED) is 0.826. The molecule has 0 fully saturated rings. The predicted octanol–water partition coefficient (Wildman–Crippen LogP) is 4.12. The van der Waals surface area contributed by atoms with Crippen LogP contribution in [-0.2, 0) is 19.4 Å². The van der Waals surface area contributed by atoms with Crippen molar-refractivity contribution in [1.82, 2.24) is 5.32 Å². The van der Waals surface area contributed by atoms with Gasteiger partial charge in [-0.15, -0.1) is 11.3 Å². The molecule has 0 unspecified atom stereocenters. The van der Waals surface area contributed by atoms with E-state index in [2.05, 4.69) is 19.2 Å². The van der Waals surface area contributed by atoms with Crippen molar-refractivity contribution in [3.8, 4) is 21.9 Å². The molecule has 144 valence electrons. The number of carboxylic acid groups (broad SMARTS) is 1. The molecule has 0 spiro atoms. The number of carboxylic acids is 1. The fourth-order valence-electron chi connectivity index (χ4n) is 4.01. The number of fused-ring (bicyclic) bond motifs is 2. The third kappa shape index (κ3) is 3.32. The molecule has 0 saturated heterocycles. The average Bonchev–Trinajstić information content (AvgIpc) is 2.98. The number of thiophene rings is 1. The molecule has 5 nitrogen and oxygen atoms in total. The molecule has 1 aliphatic heterocycles. The van der Waals surface area contributed by atoms with Gasteiger partial charge in [0.05, 0.1) is 5.56 Å². The molecule has 1 aliphatic carbocycles. The lowest BCUT2D eigenvalue weighted by molar-refractivity contribution is 0.0696. The highest BCUT2D eigenvalue weighted by molar-refractivity contribution is 7.16. The van der Waals surface area contributed by atoms with Crippen LogP contribution in [0.2, 0.25) is 0 Å². The normalized spacial score (nSPS) is 17.4. The van der Waals surface area contributed by atoms with E-state index >= 15 is 0 Å². The van der Waals surface area contributed by atoms with Crippen LogP contribution in [-0.4, -0.2) is 31.3 Å². The van der Waals surface area contributed by atoms with Crippen molar-refractivity contribution in [3.05, 3.63) is 33.7 Å². The molecular weight excluding hydrogens is 362 g/mol. The molecule has 1 aromatic carbocycles. The summed E-state index contributed by atoms with van der Waals surface area (Å²) in [6.07, 6.45) is 2.84. The SMILES string of the molecule is CNCc1cc2c(cc1-c1sc3c(c1C(=O)O)CC(C)(C)CC3)OCCO2. The summed E-state index contributed by atoms with van der Waals surface area (Å²) >= 11 is 1.63. The summed E-state index contributed by atoms with van der Waals surface area (Å²) in [4.78, 5) is 14.3. The smallest absolute Gasteiger partial charge is 0.337 e. The lowest BCUT2D eigenvalue weighted by Gasteiger charge is -2.29. The minimum atomic E-state index is -0.842. The second kappa shape index (κ2) is 6.84. The standard InChI is InChI=1S/C21H25NO4S/c1-21(2)5-4-17-14(10-21)18(20(23)24)19(27-17)13-9-16-15(25-6-7-26-16)8-12(13)11-22-3/h8-9,22H,4-7,10-11H2,1-3H3,(H,23,24). The molecule has 4 rings (SSSR count). The average molecular weight is 388 g/mol. The molecule has 0 saturated carbocycles. The van der Waals surface area contributed by atoms with E-state index in [1.165, 1.54) is 4.88 Å². The summed E-state index contributed by atoms with van der Waals surface area (Å²) in [6.45, 7) is 6.12. The van der Waals surface area contributed by atoms with Crippen LogP contribution in [0.25, 0.3) is 10.4 Å². The highest BCUT2D eigenvalue weighted by Gasteiger charge is 2.33. The summed E-state index contributed by atoms with van der Waals surface area (Å²) in [5.41, 5.74) is 3.59. The topological polar surface area (TPSA) is 67.8 Å². The number of rotatable bonds is 4. The number of hydrogen-bond donors (Lipinski definition) is 2. The first-order chi connectivity index (χ1) is 12.9. The summed E-state index contributed by atoms with van der Waals surface area (Å²) in [5.74, 6) is 0.583. The molecular formula is C21H25NO4S. The lowest BCUT2D eigenvalue weighted by Crippen LogP contribution is -2.22. The van der Waals surface area contributed by atoms with E-state index < -0.39 is 5.97 Å². The van der Waals surface area contributed by atoms with Gasteiger partial charge in [-0.3, -0.25) is 0 Å². The van der Waals surface area contributed by atoms with Crippen molar-refractivity contribution in [2.45, 2.75) is 39.7 Å². The number of carbonyl (C=O) groups is 1. The van der Waals surface area contributed by atoms with Gasteiger partial charge in [-0.25, -0.2) is 4.79 Å². The van der Waals surface area contributed by atoms with Gasteiger partial charge in [0, 0.05) is 21.9 Å². The Morgan fingerprint density at radius 3 is 2.63 bits per heavy atom. The first-order valence-electron chi connectivity index (χ1n) is 9.35. The Morgan fingerprint density at radius 1 is 1.26 bits per heavy atom. The van der Waals surface area contributed by atoms with E-state index in [-0.39, 0.29) is 5.41 Å². The zero-order chi connectivity index (χ0) is 19.2. The van der Waals surface area contributed by atoms with E-state index in [1.54, 1.807) is 11.3 Å². The second-order valence-corrected chi connectivity index (χ2v) is 9.14. The number of nitrogens with one attached hydrogen (secondary N) is 1. The molecule has 2 aliphatic rings. The maximum Gasteiger partial charge on any atom is 0.337 e. The molecule has 2 heterocycles. The Morgan fingerprint density at radius 2 is 1.96 bits per heavy atom. The predicted molar refractivity (Wildman–Crippen MR) is 106 cm³/mol. The molecule has 27 heavy (non-hydrogen) atoms. The maximum atomic E-state index is 12.2. The molecule has 0 bridgehead atoms. The zero-order valence-electron chi connectivity index (χ0n) is 16.0. The van der Waals surface area contributed by atoms with E-state index in [0.29, 0.717) is 31.1 Å². The molecule has 6 heteroatoms. The Hall–Kier alpha value is -2.05. The number of ether oxygens (including phenoxy) is 2. The van der Waals surface area contributed by atoms with Crippen LogP contribution in [0.4, 0.5) is 0 Å². The Kier molecular flexibility index (Phi) is 4.64. The fraction of sp³-hybridized carbons (Fsp3) is 0.476. The molecule has 2 N–H and O–H groups in total. The molecule has 0 atom stereocenters. The van der Waals surface area contributed by atoms with Gasteiger partial charge < -0.3 is 19.9 Å². The number of aryl methyl sites for hydroxylation is 1. The molecule has 0 radical (unpaired) electrons. The summed E-state index contributed by atoms with van der Waals surface area (Å²) in [6, 6.07) is 3.94. The lowest BCUT2D eigenvalue weighted by atomic mass is 9.76. The van der Waals surface area contributed by atoms with Crippen molar-refractivity contribution < 1.29 is 19.4 Å². The monoisotopic (exact) mass is 387 g/mol. The van der Waals surface area contributed by atoms with Crippen molar-refractivity contribution in [2.75, 3.05) is 20.3 Å². The van der Waals surface area contributed by atoms with E-state index in [0.717, 1.165) is 46.6 Å². The first-order valence-corrected chi connectivity index (χ1v) is 10.2. The van der Waals surface area contributed by atoms with Crippen LogP contribution in [0.3, 0.4) is 0 Å². The number of benzene rings is 1. The minimum absolute atomic E-state index is 0.135. The Labute approximate surface area is 163 Å². The largest absolute Gasteiger partial charge is 0.486 e. The second-order valence-electron chi connectivity index (χ2n) is 8.04. The Bertz CT molecular complexity index is 900. The van der Waals surface area contributed by atoms with Crippen molar-refractivity contribution in [3.63, 3.8) is 0 Å². The van der Waals surface area contributed by atoms with E-state index in [9.17, 15) is 9.90 Å². The highest BCUT2D eigenvalue weighted by Crippen LogP contribution is 2.47. The third-order valence-electron chi connectivity index (χ3n) is 5.37. The van der Waals surface area contributed by atoms with Crippen molar-refractivity contribution >= 4 is 17.3 Å². The fourth-order valence-corrected chi connectivity index (χ4v) is 5.38. The summed E-state index contributed by atoms with van der Waals surface area (Å²) < 4.78 is 11.5. The van der Waals surface area contributed by atoms with Gasteiger partial charge in [0.2, 0.25) is 0 Å². The molecule has 0 amide bonds. The van der Waals surface area contributed by atoms with Gasteiger partial charge in [-0.2, -0.15) is 0 Å². The summed E-state index contributed by atoms with van der Waals surface area (Å²) in [7, 11) is 1.89.